The summed E-state index contributed by atoms with van der Waals surface area (Å²) in [7, 11) is -1.43. The number of hydrogen-bond donors (Lipinski definition) is 0. The molecular weight excluding hydrogens is 430 g/mol. The van der Waals surface area contributed by atoms with Crippen LogP contribution in [0.4, 0.5) is 0 Å². The number of methoxy groups -OCH3 is 2. The van der Waals surface area contributed by atoms with E-state index in [2.05, 4.69) is 12.3 Å². The molecule has 0 aliphatic carbocycles. The van der Waals surface area contributed by atoms with Gasteiger partial charge >= 0.3 is 11.9 Å². The molecule has 0 fully saturated rings. The smallest absolute Gasteiger partial charge is 0.320 e. The zero-order valence-corrected chi connectivity index (χ0v) is 19.2. The van der Waals surface area contributed by atoms with Crippen LogP contribution in [0.2, 0.25) is 0 Å². The highest BCUT2D eigenvalue weighted by molar-refractivity contribution is 7.89. The van der Waals surface area contributed by atoms with Gasteiger partial charge in [-0.1, -0.05) is 48.5 Å². The van der Waals surface area contributed by atoms with Crippen LogP contribution in [0, 0.1) is 12.8 Å². The molecule has 0 amide bonds. The summed E-state index contributed by atoms with van der Waals surface area (Å²) in [6.07, 6.45) is 1.55. The predicted octanol–water partition coefficient (Wildman–Crippen LogP) is 3.03. The molecule has 0 saturated heterocycles. The first-order valence-corrected chi connectivity index (χ1v) is 11.3. The number of nitrogens with zero attached hydrogens (tertiary/aromatic N) is 1. The van der Waals surface area contributed by atoms with E-state index in [1.807, 2.05) is 6.92 Å². The van der Waals surface area contributed by atoms with Crippen LogP contribution in [0.15, 0.2) is 71.8 Å². The number of ether oxygens (including phenoxy) is 2. The highest BCUT2D eigenvalue weighted by atomic mass is 32.2. The SMILES string of the molecule is C=C=CCN(Cc1ccccc1CC(C(=O)OC)C(=O)OC)S(=O)(=O)c1ccc(C)cc1. The highest BCUT2D eigenvalue weighted by Gasteiger charge is 2.30. The molecule has 170 valence electrons. The summed E-state index contributed by atoms with van der Waals surface area (Å²) in [5.74, 6) is -2.59. The van der Waals surface area contributed by atoms with Crippen molar-refractivity contribution >= 4 is 22.0 Å². The molecule has 0 spiro atoms. The second kappa shape index (κ2) is 11.4. The first-order valence-electron chi connectivity index (χ1n) is 9.88. The van der Waals surface area contributed by atoms with Gasteiger partial charge in [-0.3, -0.25) is 9.59 Å². The van der Waals surface area contributed by atoms with Crippen LogP contribution >= 0.6 is 0 Å². The molecule has 0 atom stereocenters. The van der Waals surface area contributed by atoms with Crippen molar-refractivity contribution in [2.45, 2.75) is 24.8 Å². The Morgan fingerprint density at radius 1 is 1.03 bits per heavy atom. The second-order valence-electron chi connectivity index (χ2n) is 7.09. The summed E-state index contributed by atoms with van der Waals surface area (Å²) >= 11 is 0. The largest absolute Gasteiger partial charge is 0.468 e. The molecule has 0 unspecified atom stereocenters. The zero-order chi connectivity index (χ0) is 23.7. The molecule has 2 rings (SSSR count). The van der Waals surface area contributed by atoms with E-state index in [0.717, 1.165) is 5.56 Å². The number of carbonyl (C=O) groups excluding carboxylic acids is 2. The third kappa shape index (κ3) is 6.17. The summed E-state index contributed by atoms with van der Waals surface area (Å²) in [4.78, 5) is 24.4. The van der Waals surface area contributed by atoms with Crippen LogP contribution in [0.3, 0.4) is 0 Å². The molecule has 0 aromatic heterocycles. The normalized spacial score (nSPS) is 11.2. The van der Waals surface area contributed by atoms with Crippen molar-refractivity contribution in [2.24, 2.45) is 5.92 Å². The fourth-order valence-electron chi connectivity index (χ4n) is 3.14. The van der Waals surface area contributed by atoms with Gasteiger partial charge in [0.1, 0.15) is 0 Å². The maximum atomic E-state index is 13.3. The van der Waals surface area contributed by atoms with Gasteiger partial charge in [-0.2, -0.15) is 4.31 Å². The van der Waals surface area contributed by atoms with E-state index >= 15 is 0 Å². The second-order valence-corrected chi connectivity index (χ2v) is 9.03. The lowest BCUT2D eigenvalue weighted by Crippen LogP contribution is -2.32. The molecule has 2 aromatic rings. The first kappa shape index (κ1) is 25.1. The molecule has 0 aliphatic rings. The Morgan fingerprint density at radius 3 is 2.12 bits per heavy atom. The average molecular weight is 458 g/mol. The van der Waals surface area contributed by atoms with E-state index in [1.165, 1.54) is 24.6 Å². The molecule has 32 heavy (non-hydrogen) atoms. The van der Waals surface area contributed by atoms with Crippen LogP contribution in [0.1, 0.15) is 16.7 Å². The minimum Gasteiger partial charge on any atom is -0.468 e. The summed E-state index contributed by atoms with van der Waals surface area (Å²) in [5, 5.41) is 0. The van der Waals surface area contributed by atoms with Crippen LogP contribution in [-0.2, 0) is 42.1 Å². The van der Waals surface area contributed by atoms with Gasteiger partial charge in [0, 0.05) is 13.1 Å². The monoisotopic (exact) mass is 457 g/mol. The molecule has 2 aromatic carbocycles. The molecule has 0 N–H and O–H groups in total. The summed E-state index contributed by atoms with van der Waals surface area (Å²) in [6, 6.07) is 13.6. The van der Waals surface area contributed by atoms with Crippen molar-refractivity contribution in [1.82, 2.24) is 4.31 Å². The molecule has 8 heteroatoms. The molecular formula is C24H27NO6S. The summed E-state index contributed by atoms with van der Waals surface area (Å²) in [5.41, 5.74) is 4.84. The van der Waals surface area contributed by atoms with E-state index in [1.54, 1.807) is 48.5 Å². The predicted molar refractivity (Wildman–Crippen MR) is 120 cm³/mol. The molecule has 0 aliphatic heterocycles. The minimum atomic E-state index is -3.82. The topological polar surface area (TPSA) is 90.0 Å². The van der Waals surface area contributed by atoms with Crippen LogP contribution in [0.25, 0.3) is 0 Å². The van der Waals surface area contributed by atoms with Crippen molar-refractivity contribution in [1.29, 1.82) is 0 Å². The lowest BCUT2D eigenvalue weighted by Gasteiger charge is -2.23. The number of rotatable bonds is 10. The van der Waals surface area contributed by atoms with E-state index in [-0.39, 0.29) is 24.4 Å². The Balaban J connectivity index is 2.43. The zero-order valence-electron chi connectivity index (χ0n) is 18.4. The molecule has 0 radical (unpaired) electrons. The van der Waals surface area contributed by atoms with E-state index in [9.17, 15) is 18.0 Å². The van der Waals surface area contributed by atoms with Gasteiger partial charge in [0.25, 0.3) is 0 Å². The Labute approximate surface area is 189 Å². The third-order valence-corrected chi connectivity index (χ3v) is 6.78. The lowest BCUT2D eigenvalue weighted by atomic mass is 9.95. The Morgan fingerprint density at radius 2 is 1.59 bits per heavy atom. The van der Waals surface area contributed by atoms with Crippen molar-refractivity contribution in [3.05, 3.63) is 83.6 Å². The number of aryl methyl sites for hydroxylation is 1. The number of carbonyl (C=O) groups is 2. The minimum absolute atomic E-state index is 0.0191. The number of benzene rings is 2. The number of hydrogen-bond acceptors (Lipinski definition) is 6. The third-order valence-electron chi connectivity index (χ3n) is 4.96. The molecule has 0 saturated carbocycles. The van der Waals surface area contributed by atoms with E-state index in [0.29, 0.717) is 11.1 Å². The standard InChI is InChI=1S/C24H27NO6S/c1-5-6-15-25(32(28,29)21-13-11-18(2)12-14-21)17-20-10-8-7-9-19(20)16-22(23(26)30-3)24(27)31-4/h6-14,22H,1,15-17H2,2-4H3. The Hall–Kier alpha value is -3.19. The maximum absolute atomic E-state index is 13.3. The van der Waals surface area contributed by atoms with Crippen LogP contribution < -0.4 is 0 Å². The number of esters is 2. The maximum Gasteiger partial charge on any atom is 0.320 e. The van der Waals surface area contributed by atoms with E-state index < -0.39 is 27.9 Å². The average Bonchev–Trinajstić information content (AvgIpc) is 2.80. The first-order chi connectivity index (χ1) is 15.2. The number of sulfonamides is 1. The fraction of sp³-hybridized carbons (Fsp3) is 0.292. The van der Waals surface area contributed by atoms with Crippen molar-refractivity contribution < 1.29 is 27.5 Å². The Bertz CT molecular complexity index is 1090. The van der Waals surface area contributed by atoms with Gasteiger partial charge < -0.3 is 9.47 Å². The van der Waals surface area contributed by atoms with E-state index in [4.69, 9.17) is 9.47 Å². The quantitative estimate of drug-likeness (QED) is 0.310. The van der Waals surface area contributed by atoms with Gasteiger partial charge in [0.05, 0.1) is 19.1 Å². The van der Waals surface area contributed by atoms with Gasteiger partial charge in [0.2, 0.25) is 10.0 Å². The molecule has 7 nitrogen and oxygen atoms in total. The van der Waals surface area contributed by atoms with Crippen molar-refractivity contribution in [2.75, 3.05) is 20.8 Å². The van der Waals surface area contributed by atoms with Gasteiger partial charge in [-0.15, -0.1) is 5.73 Å². The highest BCUT2D eigenvalue weighted by Crippen LogP contribution is 2.23. The molecule has 0 heterocycles. The summed E-state index contributed by atoms with van der Waals surface area (Å²) in [6.45, 7) is 5.48. The van der Waals surface area contributed by atoms with Gasteiger partial charge in [0.15, 0.2) is 5.92 Å². The van der Waals surface area contributed by atoms with Gasteiger partial charge in [-0.05, 0) is 42.7 Å². The lowest BCUT2D eigenvalue weighted by molar-refractivity contribution is -0.158. The fourth-order valence-corrected chi connectivity index (χ4v) is 4.50. The molecule has 0 bridgehead atoms. The van der Waals surface area contributed by atoms with Gasteiger partial charge in [-0.25, -0.2) is 8.42 Å². The summed E-state index contributed by atoms with van der Waals surface area (Å²) < 4.78 is 37.4. The van der Waals surface area contributed by atoms with Crippen LogP contribution in [0.5, 0.6) is 0 Å². The Kier molecular flexibility index (Phi) is 8.96. The van der Waals surface area contributed by atoms with Crippen molar-refractivity contribution in [3.8, 4) is 0 Å². The van der Waals surface area contributed by atoms with Crippen molar-refractivity contribution in [3.63, 3.8) is 0 Å². The van der Waals surface area contributed by atoms with Crippen LogP contribution in [-0.4, -0.2) is 45.4 Å².